The minimum absolute atomic E-state index is 0.0326. The van der Waals surface area contributed by atoms with E-state index in [1.165, 1.54) is 6.92 Å². The summed E-state index contributed by atoms with van der Waals surface area (Å²) >= 11 is 2.71. The van der Waals surface area contributed by atoms with E-state index in [2.05, 4.69) is 15.9 Å². The van der Waals surface area contributed by atoms with E-state index >= 15 is 0 Å². The van der Waals surface area contributed by atoms with Gasteiger partial charge in [-0.3, -0.25) is 10.1 Å². The molecule has 0 aromatic heterocycles. The van der Waals surface area contributed by atoms with E-state index in [1.807, 2.05) is 0 Å². The number of benzene rings is 1. The van der Waals surface area contributed by atoms with Crippen LogP contribution in [0.3, 0.4) is 0 Å². The van der Waals surface area contributed by atoms with Crippen LogP contribution >= 0.6 is 15.9 Å². The first kappa shape index (κ1) is 12.0. The van der Waals surface area contributed by atoms with Crippen LogP contribution in [-0.4, -0.2) is 4.92 Å². The van der Waals surface area contributed by atoms with Gasteiger partial charge in [0.2, 0.25) is 0 Å². The van der Waals surface area contributed by atoms with Gasteiger partial charge in [0.25, 0.3) is 5.69 Å². The molecule has 0 spiro atoms. The van der Waals surface area contributed by atoms with E-state index < -0.39 is 16.7 Å². The SMILES string of the molecule is Cc1c([N+](=O)[O-])ccc(C(F)(F)F)c1Br. The molecule has 0 saturated carbocycles. The van der Waals surface area contributed by atoms with E-state index in [4.69, 9.17) is 0 Å². The summed E-state index contributed by atoms with van der Waals surface area (Å²) in [7, 11) is 0. The van der Waals surface area contributed by atoms with E-state index in [0.717, 1.165) is 6.07 Å². The van der Waals surface area contributed by atoms with Crippen LogP contribution in [0.25, 0.3) is 0 Å². The lowest BCUT2D eigenvalue weighted by atomic mass is 10.1. The second kappa shape index (κ2) is 3.80. The minimum atomic E-state index is -4.52. The molecule has 0 radical (unpaired) electrons. The van der Waals surface area contributed by atoms with Gasteiger partial charge in [-0.15, -0.1) is 0 Å². The summed E-state index contributed by atoms with van der Waals surface area (Å²) in [5.74, 6) is 0. The molecular formula is C8H5BrF3NO2. The van der Waals surface area contributed by atoms with Crippen molar-refractivity contribution >= 4 is 21.6 Å². The number of nitro groups is 1. The third kappa shape index (κ3) is 2.28. The number of nitro benzene ring substituents is 1. The lowest BCUT2D eigenvalue weighted by molar-refractivity contribution is -0.385. The van der Waals surface area contributed by atoms with Gasteiger partial charge in [0.1, 0.15) is 0 Å². The van der Waals surface area contributed by atoms with Gasteiger partial charge < -0.3 is 0 Å². The number of hydrogen-bond donors (Lipinski definition) is 0. The van der Waals surface area contributed by atoms with Gasteiger partial charge in [0.15, 0.2) is 0 Å². The highest BCUT2D eigenvalue weighted by Crippen LogP contribution is 2.39. The summed E-state index contributed by atoms with van der Waals surface area (Å²) in [6.07, 6.45) is -4.52. The molecule has 0 N–H and O–H groups in total. The third-order valence-corrected chi connectivity index (χ3v) is 2.88. The van der Waals surface area contributed by atoms with Crippen LogP contribution in [0.4, 0.5) is 18.9 Å². The highest BCUT2D eigenvalue weighted by Gasteiger charge is 2.34. The second-order valence-corrected chi connectivity index (χ2v) is 3.62. The summed E-state index contributed by atoms with van der Waals surface area (Å²) in [5.41, 5.74) is -1.28. The maximum Gasteiger partial charge on any atom is 0.417 e. The lowest BCUT2D eigenvalue weighted by Crippen LogP contribution is -2.07. The maximum atomic E-state index is 12.4. The Labute approximate surface area is 91.2 Å². The summed E-state index contributed by atoms with van der Waals surface area (Å²) in [6, 6.07) is 1.54. The molecule has 1 rings (SSSR count). The zero-order valence-electron chi connectivity index (χ0n) is 7.43. The zero-order chi connectivity index (χ0) is 11.8. The summed E-state index contributed by atoms with van der Waals surface area (Å²) in [6.45, 7) is 1.26. The molecule has 0 amide bonds. The van der Waals surface area contributed by atoms with Gasteiger partial charge in [-0.2, -0.15) is 13.2 Å². The summed E-state index contributed by atoms with van der Waals surface area (Å²) < 4.78 is 36.8. The Morgan fingerprint density at radius 2 is 1.93 bits per heavy atom. The molecule has 0 heterocycles. The van der Waals surface area contributed by atoms with Gasteiger partial charge in [-0.25, -0.2) is 0 Å². The Balaban J connectivity index is 3.41. The normalized spacial score (nSPS) is 11.5. The van der Waals surface area contributed by atoms with Crippen LogP contribution in [0.2, 0.25) is 0 Å². The maximum absolute atomic E-state index is 12.4. The molecule has 0 bridgehead atoms. The van der Waals surface area contributed by atoms with Crippen LogP contribution < -0.4 is 0 Å². The minimum Gasteiger partial charge on any atom is -0.258 e. The number of nitrogens with zero attached hydrogens (tertiary/aromatic N) is 1. The average molecular weight is 284 g/mol. The molecule has 0 unspecified atom stereocenters. The monoisotopic (exact) mass is 283 g/mol. The predicted molar refractivity (Wildman–Crippen MR) is 50.5 cm³/mol. The number of hydrogen-bond acceptors (Lipinski definition) is 2. The Morgan fingerprint density at radius 1 is 1.40 bits per heavy atom. The first-order valence-corrected chi connectivity index (χ1v) is 4.55. The fourth-order valence-corrected chi connectivity index (χ4v) is 1.65. The lowest BCUT2D eigenvalue weighted by Gasteiger charge is -2.10. The second-order valence-electron chi connectivity index (χ2n) is 2.83. The Hall–Kier alpha value is -1.11. The van der Waals surface area contributed by atoms with E-state index in [0.29, 0.717) is 6.07 Å². The predicted octanol–water partition coefficient (Wildman–Crippen LogP) is 3.68. The molecule has 0 fully saturated rings. The van der Waals surface area contributed by atoms with Crippen molar-refractivity contribution < 1.29 is 18.1 Å². The summed E-state index contributed by atoms with van der Waals surface area (Å²) in [4.78, 5) is 9.72. The van der Waals surface area contributed by atoms with Crippen molar-refractivity contribution in [3.8, 4) is 0 Å². The molecule has 7 heteroatoms. The van der Waals surface area contributed by atoms with Gasteiger partial charge in [0.05, 0.1) is 10.5 Å². The molecular weight excluding hydrogens is 279 g/mol. The van der Waals surface area contributed by atoms with Crippen LogP contribution in [0, 0.1) is 17.0 Å². The van der Waals surface area contributed by atoms with Crippen molar-refractivity contribution in [2.45, 2.75) is 13.1 Å². The molecule has 0 atom stereocenters. The van der Waals surface area contributed by atoms with E-state index in [1.54, 1.807) is 0 Å². The first-order chi connectivity index (χ1) is 6.75. The molecule has 0 aliphatic rings. The third-order valence-electron chi connectivity index (χ3n) is 1.86. The Morgan fingerprint density at radius 3 is 2.33 bits per heavy atom. The fraction of sp³-hybridized carbons (Fsp3) is 0.250. The number of rotatable bonds is 1. The Kier molecular flexibility index (Phi) is 3.03. The molecule has 15 heavy (non-hydrogen) atoms. The van der Waals surface area contributed by atoms with Crippen LogP contribution in [0.1, 0.15) is 11.1 Å². The Bertz CT molecular complexity index is 417. The van der Waals surface area contributed by atoms with Crippen molar-refractivity contribution in [2.75, 3.05) is 0 Å². The smallest absolute Gasteiger partial charge is 0.258 e. The van der Waals surface area contributed by atoms with Crippen LogP contribution in [-0.2, 0) is 6.18 Å². The molecule has 1 aromatic carbocycles. The van der Waals surface area contributed by atoms with Crippen molar-refractivity contribution in [2.24, 2.45) is 0 Å². The fourth-order valence-electron chi connectivity index (χ4n) is 1.09. The molecule has 1 aromatic rings. The van der Waals surface area contributed by atoms with Crippen molar-refractivity contribution in [3.05, 3.63) is 37.8 Å². The van der Waals surface area contributed by atoms with Crippen molar-refractivity contribution in [3.63, 3.8) is 0 Å². The van der Waals surface area contributed by atoms with E-state index in [9.17, 15) is 23.3 Å². The highest BCUT2D eigenvalue weighted by atomic mass is 79.9. The highest BCUT2D eigenvalue weighted by molar-refractivity contribution is 9.10. The number of alkyl halides is 3. The molecule has 82 valence electrons. The van der Waals surface area contributed by atoms with Gasteiger partial charge in [-0.1, -0.05) is 0 Å². The van der Waals surface area contributed by atoms with Gasteiger partial charge in [-0.05, 0) is 28.9 Å². The number of halogens is 4. The largest absolute Gasteiger partial charge is 0.417 e. The van der Waals surface area contributed by atoms with Crippen LogP contribution in [0.15, 0.2) is 16.6 Å². The quantitative estimate of drug-likeness (QED) is 0.583. The average Bonchev–Trinajstić information content (AvgIpc) is 2.06. The van der Waals surface area contributed by atoms with Crippen LogP contribution in [0.5, 0.6) is 0 Å². The van der Waals surface area contributed by atoms with Crippen molar-refractivity contribution in [1.82, 2.24) is 0 Å². The van der Waals surface area contributed by atoms with Crippen molar-refractivity contribution in [1.29, 1.82) is 0 Å². The molecule has 0 saturated heterocycles. The van der Waals surface area contributed by atoms with Gasteiger partial charge >= 0.3 is 6.18 Å². The van der Waals surface area contributed by atoms with Gasteiger partial charge in [0, 0.05) is 16.1 Å². The standard InChI is InChI=1S/C8H5BrF3NO2/c1-4-6(13(14)15)3-2-5(7(4)9)8(10,11)12/h2-3H,1H3. The molecule has 0 aliphatic heterocycles. The van der Waals surface area contributed by atoms with E-state index in [-0.39, 0.29) is 15.7 Å². The first-order valence-electron chi connectivity index (χ1n) is 3.76. The molecule has 3 nitrogen and oxygen atoms in total. The zero-order valence-corrected chi connectivity index (χ0v) is 9.02. The topological polar surface area (TPSA) is 43.1 Å². The summed E-state index contributed by atoms with van der Waals surface area (Å²) in [5, 5.41) is 10.4. The molecule has 0 aliphatic carbocycles.